The quantitative estimate of drug-likeness (QED) is 0.214. The highest BCUT2D eigenvalue weighted by molar-refractivity contribution is 5.97. The molecule has 0 aliphatic carbocycles. The Morgan fingerprint density at radius 2 is 1.50 bits per heavy atom. The van der Waals surface area contributed by atoms with Crippen molar-refractivity contribution in [2.75, 3.05) is 5.32 Å². The smallest absolute Gasteiger partial charge is 0.340 e. The molecule has 208 valence electrons. The molecule has 0 amide bonds. The Labute approximate surface area is 247 Å². The third-order valence-electron chi connectivity index (χ3n) is 8.62. The summed E-state index contributed by atoms with van der Waals surface area (Å²) in [4.78, 5) is 13.4. The van der Waals surface area contributed by atoms with Crippen LogP contribution in [-0.2, 0) is 29.6 Å². The Bertz CT molecular complexity index is 1840. The molecule has 42 heavy (non-hydrogen) atoms. The molecule has 1 spiro atoms. The van der Waals surface area contributed by atoms with Gasteiger partial charge in [-0.3, -0.25) is 0 Å². The molecular formula is C38H33NO3. The molecule has 0 bridgehead atoms. The molecule has 2 aliphatic heterocycles. The van der Waals surface area contributed by atoms with Gasteiger partial charge >= 0.3 is 5.97 Å². The van der Waals surface area contributed by atoms with Crippen LogP contribution >= 0.6 is 0 Å². The van der Waals surface area contributed by atoms with Gasteiger partial charge in [0.05, 0.1) is 5.56 Å². The highest BCUT2D eigenvalue weighted by Crippen LogP contribution is 2.57. The van der Waals surface area contributed by atoms with E-state index in [1.165, 1.54) is 22.3 Å². The van der Waals surface area contributed by atoms with Crippen LogP contribution in [0.15, 0.2) is 103 Å². The minimum absolute atomic E-state index is 0.315. The van der Waals surface area contributed by atoms with Gasteiger partial charge in [-0.25, -0.2) is 4.79 Å². The summed E-state index contributed by atoms with van der Waals surface area (Å²) >= 11 is 0. The van der Waals surface area contributed by atoms with Crippen LogP contribution < -0.4 is 10.1 Å². The molecule has 2 heterocycles. The fraction of sp³-hybridized carbons (Fsp3) is 0.184. The number of carbonyl (C=O) groups is 1. The normalized spacial score (nSPS) is 16.3. The number of hydrogen-bond acceptors (Lipinski definition) is 4. The average Bonchev–Trinajstić information content (AvgIpc) is 3.30. The number of aryl methyl sites for hydroxylation is 5. The van der Waals surface area contributed by atoms with Crippen molar-refractivity contribution in [2.45, 2.75) is 45.6 Å². The fourth-order valence-corrected chi connectivity index (χ4v) is 6.43. The van der Waals surface area contributed by atoms with Gasteiger partial charge in [-0.1, -0.05) is 73.2 Å². The van der Waals surface area contributed by atoms with Crippen LogP contribution in [0.1, 0.15) is 61.8 Å². The van der Waals surface area contributed by atoms with E-state index in [2.05, 4.69) is 80.7 Å². The molecule has 0 radical (unpaired) electrons. The Morgan fingerprint density at radius 3 is 2.33 bits per heavy atom. The first-order valence-electron chi connectivity index (χ1n) is 14.7. The molecule has 0 saturated heterocycles. The Balaban J connectivity index is 1.34. The highest BCUT2D eigenvalue weighted by Gasteiger charge is 2.53. The second-order valence-electron chi connectivity index (χ2n) is 11.3. The minimum atomic E-state index is -1.08. The van der Waals surface area contributed by atoms with E-state index in [4.69, 9.17) is 9.47 Å². The third kappa shape index (κ3) is 4.26. The maximum atomic E-state index is 13.4. The number of nitrogens with one attached hydrogen (secondary N) is 1. The summed E-state index contributed by atoms with van der Waals surface area (Å²) in [6.45, 7) is 6.41. The molecule has 4 heteroatoms. The molecule has 4 nitrogen and oxygen atoms in total. The van der Waals surface area contributed by atoms with E-state index in [0.717, 1.165) is 58.6 Å². The molecule has 5 aromatic rings. The molecule has 0 fully saturated rings. The van der Waals surface area contributed by atoms with Gasteiger partial charge in [-0.15, -0.1) is 0 Å². The Hall–Kier alpha value is -4.83. The molecule has 5 aromatic carbocycles. The second-order valence-corrected chi connectivity index (χ2v) is 11.3. The summed E-state index contributed by atoms with van der Waals surface area (Å²) < 4.78 is 13.1. The van der Waals surface area contributed by atoms with E-state index in [0.29, 0.717) is 11.3 Å². The van der Waals surface area contributed by atoms with Gasteiger partial charge < -0.3 is 14.8 Å². The van der Waals surface area contributed by atoms with Gasteiger partial charge in [-0.05, 0) is 91.8 Å². The predicted octanol–water partition coefficient (Wildman–Crippen LogP) is 8.96. The van der Waals surface area contributed by atoms with Gasteiger partial charge in [0.15, 0.2) is 5.60 Å². The van der Waals surface area contributed by atoms with Gasteiger partial charge in [0.25, 0.3) is 0 Å². The summed E-state index contributed by atoms with van der Waals surface area (Å²) in [6, 6.07) is 35.1. The lowest BCUT2D eigenvalue weighted by Crippen LogP contribution is -2.33. The SMILES string of the molecule is CCc1cc(C)ccc1Nc1ccc2c(c1)Oc1cc(C)c(CCc3ccccc3)cc1C21OC(=O)c2ccccc21. The molecule has 1 atom stereocenters. The lowest BCUT2D eigenvalue weighted by atomic mass is 9.76. The van der Waals surface area contributed by atoms with Crippen molar-refractivity contribution in [3.63, 3.8) is 0 Å². The number of fused-ring (bicyclic) bond motifs is 6. The van der Waals surface area contributed by atoms with E-state index in [1.54, 1.807) is 0 Å². The van der Waals surface area contributed by atoms with E-state index in [1.807, 2.05) is 48.5 Å². The van der Waals surface area contributed by atoms with Crippen LogP contribution in [0.4, 0.5) is 11.4 Å². The predicted molar refractivity (Wildman–Crippen MR) is 167 cm³/mol. The number of carbonyl (C=O) groups excluding carboxylic acids is 1. The second kappa shape index (κ2) is 10.2. The van der Waals surface area contributed by atoms with Crippen LogP contribution in [0.25, 0.3) is 0 Å². The summed E-state index contributed by atoms with van der Waals surface area (Å²) in [7, 11) is 0. The largest absolute Gasteiger partial charge is 0.456 e. The molecular weight excluding hydrogens is 518 g/mol. The highest BCUT2D eigenvalue weighted by atomic mass is 16.6. The third-order valence-corrected chi connectivity index (χ3v) is 8.62. The molecule has 1 unspecified atom stereocenters. The summed E-state index contributed by atoms with van der Waals surface area (Å²) in [6.07, 6.45) is 2.73. The number of rotatable bonds is 6. The standard InChI is InChI=1S/C38H33NO3/c1-4-27-20-24(2)14-19-34(27)39-29-17-18-32-36(23-29)41-35-21-25(3)28(16-15-26-10-6-5-7-11-26)22-33(35)38(32)31-13-9-8-12-30(31)37(40)42-38/h5-14,17-23,39H,4,15-16H2,1-3H3. The van der Waals surface area contributed by atoms with E-state index in [-0.39, 0.29) is 5.97 Å². The Morgan fingerprint density at radius 1 is 0.714 bits per heavy atom. The average molecular weight is 552 g/mol. The van der Waals surface area contributed by atoms with Crippen LogP contribution in [-0.4, -0.2) is 5.97 Å². The van der Waals surface area contributed by atoms with E-state index < -0.39 is 5.60 Å². The Kier molecular flexibility index (Phi) is 6.35. The van der Waals surface area contributed by atoms with Crippen molar-refractivity contribution in [1.29, 1.82) is 0 Å². The first kappa shape index (κ1) is 26.1. The summed E-state index contributed by atoms with van der Waals surface area (Å²) in [5.74, 6) is 1.08. The zero-order chi connectivity index (χ0) is 28.8. The van der Waals surface area contributed by atoms with Crippen LogP contribution in [0.5, 0.6) is 11.5 Å². The summed E-state index contributed by atoms with van der Waals surface area (Å²) in [5.41, 5.74) is 10.2. The van der Waals surface area contributed by atoms with Gasteiger partial charge in [0, 0.05) is 34.1 Å². The first-order valence-corrected chi connectivity index (χ1v) is 14.7. The lowest BCUT2D eigenvalue weighted by molar-refractivity contribution is 0.0224. The lowest BCUT2D eigenvalue weighted by Gasteiger charge is -2.37. The van der Waals surface area contributed by atoms with Crippen molar-refractivity contribution in [3.05, 3.63) is 153 Å². The zero-order valence-corrected chi connectivity index (χ0v) is 24.2. The number of esters is 1. The van der Waals surface area contributed by atoms with Crippen LogP contribution in [0.2, 0.25) is 0 Å². The maximum Gasteiger partial charge on any atom is 0.340 e. The van der Waals surface area contributed by atoms with Gasteiger partial charge in [-0.2, -0.15) is 0 Å². The van der Waals surface area contributed by atoms with Crippen LogP contribution in [0.3, 0.4) is 0 Å². The zero-order valence-electron chi connectivity index (χ0n) is 24.2. The van der Waals surface area contributed by atoms with Crippen molar-refractivity contribution in [3.8, 4) is 11.5 Å². The van der Waals surface area contributed by atoms with Crippen molar-refractivity contribution in [2.24, 2.45) is 0 Å². The molecule has 1 N–H and O–H groups in total. The van der Waals surface area contributed by atoms with E-state index >= 15 is 0 Å². The van der Waals surface area contributed by atoms with E-state index in [9.17, 15) is 4.79 Å². The van der Waals surface area contributed by atoms with Crippen molar-refractivity contribution < 1.29 is 14.3 Å². The van der Waals surface area contributed by atoms with Crippen molar-refractivity contribution >= 4 is 17.3 Å². The van der Waals surface area contributed by atoms with Gasteiger partial charge in [0.1, 0.15) is 11.5 Å². The first-order chi connectivity index (χ1) is 20.5. The number of benzene rings is 5. The topological polar surface area (TPSA) is 47.6 Å². The molecule has 2 aliphatic rings. The van der Waals surface area contributed by atoms with Gasteiger partial charge in [0.2, 0.25) is 0 Å². The molecule has 7 rings (SSSR count). The number of ether oxygens (including phenoxy) is 2. The fourth-order valence-electron chi connectivity index (χ4n) is 6.43. The summed E-state index contributed by atoms with van der Waals surface area (Å²) in [5, 5.41) is 3.60. The molecule has 0 saturated carbocycles. The monoisotopic (exact) mass is 551 g/mol. The number of anilines is 2. The molecule has 0 aromatic heterocycles. The minimum Gasteiger partial charge on any atom is -0.456 e. The number of hydrogen-bond donors (Lipinski definition) is 1. The maximum absolute atomic E-state index is 13.4. The van der Waals surface area contributed by atoms with Crippen molar-refractivity contribution in [1.82, 2.24) is 0 Å². The van der Waals surface area contributed by atoms with Crippen LogP contribution in [0, 0.1) is 13.8 Å².